The second-order valence-corrected chi connectivity index (χ2v) is 3.77. The Hall–Kier alpha value is -1.23. The first kappa shape index (κ1) is 11.3. The van der Waals surface area contributed by atoms with Gasteiger partial charge in [-0.15, -0.1) is 0 Å². The molecule has 0 bridgehead atoms. The molecule has 0 radical (unpaired) electrons. The molecule has 2 aromatic rings. The van der Waals surface area contributed by atoms with Crippen molar-refractivity contribution in [3.05, 3.63) is 29.0 Å². The first-order valence-electron chi connectivity index (χ1n) is 4.80. The molecule has 3 N–H and O–H groups in total. The van der Waals surface area contributed by atoms with Crippen molar-refractivity contribution in [2.75, 3.05) is 13.7 Å². The molecule has 2 rings (SSSR count). The smallest absolute Gasteiger partial charge is 0.177 e. The maximum atomic E-state index is 9.73. The van der Waals surface area contributed by atoms with E-state index in [1.165, 1.54) is 13.4 Å². The number of aliphatic hydroxyl groups excluding tert-OH is 1. The van der Waals surface area contributed by atoms with Gasteiger partial charge < -0.3 is 20.0 Å². The van der Waals surface area contributed by atoms with Crippen LogP contribution in [0.4, 0.5) is 0 Å². The molecule has 0 amide bonds. The van der Waals surface area contributed by atoms with Gasteiger partial charge in [-0.1, -0.05) is 11.6 Å². The van der Waals surface area contributed by atoms with Crippen LogP contribution in [-0.2, 0) is 0 Å². The highest BCUT2D eigenvalue weighted by atomic mass is 35.5. The third-order valence-corrected chi connectivity index (χ3v) is 2.89. The van der Waals surface area contributed by atoms with Crippen LogP contribution >= 0.6 is 11.6 Å². The fourth-order valence-electron chi connectivity index (χ4n) is 1.62. The van der Waals surface area contributed by atoms with Crippen molar-refractivity contribution in [3.63, 3.8) is 0 Å². The molecule has 0 aliphatic rings. The zero-order valence-electron chi connectivity index (χ0n) is 8.74. The van der Waals surface area contributed by atoms with Gasteiger partial charge in [0, 0.05) is 17.5 Å². The number of rotatable bonds is 3. The second-order valence-electron chi connectivity index (χ2n) is 3.40. The molecule has 0 saturated carbocycles. The van der Waals surface area contributed by atoms with E-state index in [2.05, 4.69) is 0 Å². The van der Waals surface area contributed by atoms with Gasteiger partial charge in [0.05, 0.1) is 24.5 Å². The highest BCUT2D eigenvalue weighted by Crippen LogP contribution is 2.37. The lowest BCUT2D eigenvalue weighted by atomic mass is 10.1. The summed E-state index contributed by atoms with van der Waals surface area (Å²) in [7, 11) is 1.53. The van der Waals surface area contributed by atoms with Gasteiger partial charge in [0.1, 0.15) is 0 Å². The minimum Gasteiger partial charge on any atom is -0.493 e. The lowest BCUT2D eigenvalue weighted by Gasteiger charge is -2.12. The molecular formula is C11H12ClNO3. The minimum absolute atomic E-state index is 0.103. The van der Waals surface area contributed by atoms with Crippen LogP contribution in [0.1, 0.15) is 11.7 Å². The Morgan fingerprint density at radius 2 is 2.38 bits per heavy atom. The number of benzene rings is 1. The zero-order chi connectivity index (χ0) is 11.7. The molecule has 1 aromatic heterocycles. The van der Waals surface area contributed by atoms with E-state index in [1.54, 1.807) is 12.1 Å². The fourth-order valence-corrected chi connectivity index (χ4v) is 1.95. The third-order valence-electron chi connectivity index (χ3n) is 2.47. The average molecular weight is 242 g/mol. The number of nitrogens with two attached hydrogens (primary N) is 1. The third kappa shape index (κ3) is 1.65. The number of ether oxygens (including phenoxy) is 1. The Balaban J connectivity index is 2.70. The Bertz CT molecular complexity index is 509. The van der Waals surface area contributed by atoms with Crippen molar-refractivity contribution in [1.29, 1.82) is 0 Å². The summed E-state index contributed by atoms with van der Waals surface area (Å²) in [6.45, 7) is 0.103. The summed E-state index contributed by atoms with van der Waals surface area (Å²) in [6.07, 6.45) is 0.721. The number of fused-ring (bicyclic) bond motifs is 1. The standard InChI is InChI=1S/C11H12ClNO3/c1-15-9-4-7(8(14)5-13)10(12)6-2-3-16-11(6)9/h2-4,8,14H,5,13H2,1H3. The SMILES string of the molecule is COc1cc(C(O)CN)c(Cl)c2ccoc12. The van der Waals surface area contributed by atoms with Gasteiger partial charge in [0.25, 0.3) is 0 Å². The largest absolute Gasteiger partial charge is 0.493 e. The summed E-state index contributed by atoms with van der Waals surface area (Å²) < 4.78 is 10.4. The first-order valence-corrected chi connectivity index (χ1v) is 5.18. The van der Waals surface area contributed by atoms with E-state index in [4.69, 9.17) is 26.5 Å². The van der Waals surface area contributed by atoms with E-state index < -0.39 is 6.10 Å². The van der Waals surface area contributed by atoms with Crippen molar-refractivity contribution in [2.24, 2.45) is 5.73 Å². The molecule has 1 unspecified atom stereocenters. The summed E-state index contributed by atoms with van der Waals surface area (Å²) >= 11 is 6.15. The molecule has 5 heteroatoms. The lowest BCUT2D eigenvalue weighted by Crippen LogP contribution is -2.12. The molecule has 0 aliphatic heterocycles. The van der Waals surface area contributed by atoms with Crippen molar-refractivity contribution in [3.8, 4) is 5.75 Å². The number of methoxy groups -OCH3 is 1. The molecule has 16 heavy (non-hydrogen) atoms. The van der Waals surface area contributed by atoms with Gasteiger partial charge in [-0.05, 0) is 12.1 Å². The summed E-state index contributed by atoms with van der Waals surface area (Å²) in [5, 5.41) is 10.9. The summed E-state index contributed by atoms with van der Waals surface area (Å²) in [5.41, 5.74) is 6.53. The molecule has 0 spiro atoms. The minimum atomic E-state index is -0.805. The number of halogens is 1. The predicted molar refractivity (Wildman–Crippen MR) is 61.8 cm³/mol. The summed E-state index contributed by atoms with van der Waals surface area (Å²) in [5.74, 6) is 0.534. The molecule has 1 atom stereocenters. The van der Waals surface area contributed by atoms with Gasteiger partial charge in [0.2, 0.25) is 0 Å². The molecule has 1 aromatic carbocycles. The Kier molecular flexibility index (Phi) is 3.05. The van der Waals surface area contributed by atoms with Gasteiger partial charge in [-0.3, -0.25) is 0 Å². The van der Waals surface area contributed by atoms with Crippen molar-refractivity contribution in [1.82, 2.24) is 0 Å². The van der Waals surface area contributed by atoms with Crippen molar-refractivity contribution < 1.29 is 14.3 Å². The number of furan rings is 1. The fraction of sp³-hybridized carbons (Fsp3) is 0.273. The topological polar surface area (TPSA) is 68.6 Å². The number of aliphatic hydroxyl groups is 1. The van der Waals surface area contributed by atoms with E-state index in [9.17, 15) is 5.11 Å². The van der Waals surface area contributed by atoms with Crippen LogP contribution in [0.15, 0.2) is 22.8 Å². The Labute approximate surface area is 97.6 Å². The van der Waals surface area contributed by atoms with Crippen LogP contribution in [0.25, 0.3) is 11.0 Å². The number of hydrogen-bond donors (Lipinski definition) is 2. The van der Waals surface area contributed by atoms with Crippen LogP contribution in [0, 0.1) is 0 Å². The van der Waals surface area contributed by atoms with Gasteiger partial charge in [-0.2, -0.15) is 0 Å². The quantitative estimate of drug-likeness (QED) is 0.863. The molecule has 0 aliphatic carbocycles. The van der Waals surface area contributed by atoms with Crippen LogP contribution in [0.3, 0.4) is 0 Å². The van der Waals surface area contributed by atoms with Crippen molar-refractivity contribution >= 4 is 22.6 Å². The molecular weight excluding hydrogens is 230 g/mol. The van der Waals surface area contributed by atoms with E-state index in [1.807, 2.05) is 0 Å². The predicted octanol–water partition coefficient (Wildman–Crippen LogP) is 2.09. The maximum absolute atomic E-state index is 9.73. The van der Waals surface area contributed by atoms with E-state index in [0.717, 1.165) is 0 Å². The van der Waals surface area contributed by atoms with Gasteiger partial charge >= 0.3 is 0 Å². The number of hydrogen-bond acceptors (Lipinski definition) is 4. The average Bonchev–Trinajstić information content (AvgIpc) is 2.78. The van der Waals surface area contributed by atoms with Crippen molar-refractivity contribution in [2.45, 2.75) is 6.10 Å². The van der Waals surface area contributed by atoms with Crippen LogP contribution in [0.5, 0.6) is 5.75 Å². The molecule has 0 saturated heterocycles. The molecule has 86 valence electrons. The lowest BCUT2D eigenvalue weighted by molar-refractivity contribution is 0.186. The second kappa shape index (κ2) is 4.33. The normalized spacial score (nSPS) is 13.0. The monoisotopic (exact) mass is 241 g/mol. The van der Waals surface area contributed by atoms with E-state index >= 15 is 0 Å². The highest BCUT2D eigenvalue weighted by Gasteiger charge is 2.17. The van der Waals surface area contributed by atoms with Crippen LogP contribution in [-0.4, -0.2) is 18.8 Å². The van der Waals surface area contributed by atoms with Gasteiger partial charge in [-0.25, -0.2) is 0 Å². The first-order chi connectivity index (χ1) is 7.69. The summed E-state index contributed by atoms with van der Waals surface area (Å²) in [6, 6.07) is 3.37. The van der Waals surface area contributed by atoms with Gasteiger partial charge in [0.15, 0.2) is 11.3 Å². The molecule has 4 nitrogen and oxygen atoms in total. The zero-order valence-corrected chi connectivity index (χ0v) is 9.49. The Morgan fingerprint density at radius 1 is 1.62 bits per heavy atom. The molecule has 1 heterocycles. The van der Waals surface area contributed by atoms with E-state index in [0.29, 0.717) is 27.3 Å². The molecule has 0 fully saturated rings. The summed E-state index contributed by atoms with van der Waals surface area (Å²) in [4.78, 5) is 0. The maximum Gasteiger partial charge on any atom is 0.177 e. The van der Waals surface area contributed by atoms with Crippen LogP contribution in [0.2, 0.25) is 5.02 Å². The van der Waals surface area contributed by atoms with Crippen LogP contribution < -0.4 is 10.5 Å². The van der Waals surface area contributed by atoms with E-state index in [-0.39, 0.29) is 6.54 Å². The highest BCUT2D eigenvalue weighted by molar-refractivity contribution is 6.36. The Morgan fingerprint density at radius 3 is 3.00 bits per heavy atom.